The van der Waals surface area contributed by atoms with E-state index in [2.05, 4.69) is 5.32 Å². The van der Waals surface area contributed by atoms with Crippen molar-refractivity contribution in [2.45, 2.75) is 57.5 Å². The Kier molecular flexibility index (Phi) is 12.3. The van der Waals surface area contributed by atoms with E-state index in [1.807, 2.05) is 50.2 Å². The van der Waals surface area contributed by atoms with Crippen molar-refractivity contribution in [3.05, 3.63) is 129 Å². The molecule has 1 N–H and O–H groups in total. The summed E-state index contributed by atoms with van der Waals surface area (Å²) in [6.45, 7) is 5.56. The lowest BCUT2D eigenvalue weighted by Gasteiger charge is -2.34. The molecule has 4 rings (SSSR count). The topological polar surface area (TPSA) is 86.8 Å². The van der Waals surface area contributed by atoms with Crippen molar-refractivity contribution in [2.75, 3.05) is 17.4 Å². The van der Waals surface area contributed by atoms with Gasteiger partial charge >= 0.3 is 0 Å². The predicted molar refractivity (Wildman–Crippen MR) is 186 cm³/mol. The van der Waals surface area contributed by atoms with Gasteiger partial charge in [0.1, 0.15) is 12.6 Å². The lowest BCUT2D eigenvalue weighted by atomic mass is 10.0. The first-order valence-electron chi connectivity index (χ1n) is 15.2. The quantitative estimate of drug-likeness (QED) is 0.141. The minimum absolute atomic E-state index is 0.0419. The smallest absolute Gasteiger partial charge is 0.264 e. The van der Waals surface area contributed by atoms with Crippen LogP contribution in [-0.2, 0) is 32.6 Å². The number of para-hydroxylation sites is 1. The van der Waals surface area contributed by atoms with Crippen molar-refractivity contribution in [2.24, 2.45) is 0 Å². The second kappa shape index (κ2) is 16.1. The van der Waals surface area contributed by atoms with Crippen LogP contribution in [0.25, 0.3) is 0 Å². The third kappa shape index (κ3) is 8.90. The van der Waals surface area contributed by atoms with Gasteiger partial charge in [-0.2, -0.15) is 0 Å². The number of rotatable bonds is 14. The number of hydrogen-bond donors (Lipinski definition) is 1. The van der Waals surface area contributed by atoms with Crippen LogP contribution >= 0.6 is 23.2 Å². The van der Waals surface area contributed by atoms with Gasteiger partial charge in [0.05, 0.1) is 10.6 Å². The zero-order valence-corrected chi connectivity index (χ0v) is 28.6. The number of hydrogen-bond acceptors (Lipinski definition) is 4. The Balaban J connectivity index is 1.82. The van der Waals surface area contributed by atoms with E-state index in [1.165, 1.54) is 17.0 Å². The molecule has 0 saturated carbocycles. The number of benzene rings is 4. The number of nitrogens with one attached hydrogen (secondary N) is 1. The van der Waals surface area contributed by atoms with E-state index in [0.717, 1.165) is 28.3 Å². The van der Waals surface area contributed by atoms with Crippen LogP contribution in [0.1, 0.15) is 42.0 Å². The monoisotopic (exact) mass is 679 g/mol. The maximum Gasteiger partial charge on any atom is 0.264 e. The van der Waals surface area contributed by atoms with Crippen molar-refractivity contribution in [3.63, 3.8) is 0 Å². The van der Waals surface area contributed by atoms with Gasteiger partial charge in [-0.3, -0.25) is 13.9 Å². The first kappa shape index (κ1) is 35.0. The van der Waals surface area contributed by atoms with E-state index in [4.69, 9.17) is 23.2 Å². The standard InChI is InChI=1S/C36H39Cl2N3O4S/c1-4-5-21-39-36(43)34(22-28-12-7-6-8-13-28)40(24-29-17-18-30(37)23-32(29)38)35(42)25-41(33-14-10-9-11-27(33)3)46(44,45)31-19-15-26(2)16-20-31/h6-20,23,34H,4-5,21-22,24-25H2,1-3H3,(H,39,43)/t34-/m1/s1. The highest BCUT2D eigenvalue weighted by molar-refractivity contribution is 7.92. The molecule has 7 nitrogen and oxygen atoms in total. The van der Waals surface area contributed by atoms with Crippen LogP contribution in [0, 0.1) is 13.8 Å². The van der Waals surface area contributed by atoms with Crippen LogP contribution in [0.5, 0.6) is 0 Å². The van der Waals surface area contributed by atoms with E-state index in [9.17, 15) is 18.0 Å². The molecule has 4 aromatic carbocycles. The minimum atomic E-state index is -4.19. The van der Waals surface area contributed by atoms with E-state index < -0.39 is 28.5 Å². The largest absolute Gasteiger partial charge is 0.354 e. The molecule has 2 amide bonds. The first-order valence-corrected chi connectivity index (χ1v) is 17.4. The third-order valence-electron chi connectivity index (χ3n) is 7.73. The molecule has 1 atom stereocenters. The molecule has 10 heteroatoms. The van der Waals surface area contributed by atoms with Crippen LogP contribution in [0.15, 0.2) is 102 Å². The summed E-state index contributed by atoms with van der Waals surface area (Å²) >= 11 is 12.8. The number of anilines is 1. The Morgan fingerprint density at radius 3 is 2.20 bits per heavy atom. The fourth-order valence-electron chi connectivity index (χ4n) is 5.09. The van der Waals surface area contributed by atoms with Crippen LogP contribution in [0.3, 0.4) is 0 Å². The average molecular weight is 681 g/mol. The molecule has 0 fully saturated rings. The van der Waals surface area contributed by atoms with Gasteiger partial charge in [0.2, 0.25) is 11.8 Å². The number of aryl methyl sites for hydroxylation is 2. The van der Waals surface area contributed by atoms with Gasteiger partial charge < -0.3 is 10.2 Å². The fourth-order valence-corrected chi connectivity index (χ4v) is 7.03. The Bertz CT molecular complexity index is 1750. The van der Waals surface area contributed by atoms with Crippen molar-refractivity contribution < 1.29 is 18.0 Å². The molecule has 0 aromatic heterocycles. The summed E-state index contributed by atoms with van der Waals surface area (Å²) in [5, 5.41) is 3.75. The van der Waals surface area contributed by atoms with Gasteiger partial charge in [0.25, 0.3) is 10.0 Å². The van der Waals surface area contributed by atoms with Gasteiger partial charge in [0.15, 0.2) is 0 Å². The summed E-state index contributed by atoms with van der Waals surface area (Å²) in [5.74, 6) is -0.892. The Morgan fingerprint density at radius 2 is 1.54 bits per heavy atom. The van der Waals surface area contributed by atoms with Gasteiger partial charge in [-0.15, -0.1) is 0 Å². The summed E-state index contributed by atoms with van der Waals surface area (Å²) in [7, 11) is -4.19. The van der Waals surface area contributed by atoms with Crippen molar-refractivity contribution >= 4 is 50.7 Å². The molecule has 4 aromatic rings. The van der Waals surface area contributed by atoms with E-state index in [-0.39, 0.29) is 23.8 Å². The highest BCUT2D eigenvalue weighted by Gasteiger charge is 2.35. The molecule has 0 aliphatic carbocycles. The van der Waals surface area contributed by atoms with Crippen LogP contribution < -0.4 is 9.62 Å². The maximum atomic E-state index is 14.6. The molecule has 0 radical (unpaired) electrons. The van der Waals surface area contributed by atoms with Gasteiger partial charge in [0, 0.05) is 29.6 Å². The average Bonchev–Trinajstić information content (AvgIpc) is 3.03. The molecule has 0 aliphatic rings. The second-order valence-corrected chi connectivity index (χ2v) is 13.9. The molecule has 0 heterocycles. The Morgan fingerprint density at radius 1 is 0.870 bits per heavy atom. The summed E-state index contributed by atoms with van der Waals surface area (Å²) in [6, 6.07) is 26.9. The van der Waals surface area contributed by atoms with Crippen LogP contribution in [0.2, 0.25) is 10.0 Å². The predicted octanol–water partition coefficient (Wildman–Crippen LogP) is 7.36. The minimum Gasteiger partial charge on any atom is -0.354 e. The second-order valence-electron chi connectivity index (χ2n) is 11.2. The summed E-state index contributed by atoms with van der Waals surface area (Å²) in [6.07, 6.45) is 1.87. The Labute approximate surface area is 282 Å². The number of carbonyl (C=O) groups excluding carboxylic acids is 2. The SMILES string of the molecule is CCCCNC(=O)[C@@H](Cc1ccccc1)N(Cc1ccc(Cl)cc1Cl)C(=O)CN(c1ccccc1C)S(=O)(=O)c1ccc(C)cc1. The number of nitrogens with zero attached hydrogens (tertiary/aromatic N) is 2. The van der Waals surface area contributed by atoms with Gasteiger partial charge in [-0.1, -0.05) is 109 Å². The normalized spacial score (nSPS) is 11.9. The Hall–Kier alpha value is -3.85. The van der Waals surface area contributed by atoms with Gasteiger partial charge in [-0.05, 0) is 67.3 Å². The van der Waals surface area contributed by atoms with Crippen LogP contribution in [-0.4, -0.2) is 44.3 Å². The molecule has 0 bridgehead atoms. The molecule has 242 valence electrons. The highest BCUT2D eigenvalue weighted by Crippen LogP contribution is 2.29. The van der Waals surface area contributed by atoms with Crippen molar-refractivity contribution in [1.29, 1.82) is 0 Å². The number of carbonyl (C=O) groups is 2. The fraction of sp³-hybridized carbons (Fsp3) is 0.278. The van der Waals surface area contributed by atoms with Crippen molar-refractivity contribution in [3.8, 4) is 0 Å². The lowest BCUT2D eigenvalue weighted by Crippen LogP contribution is -2.53. The van der Waals surface area contributed by atoms with Crippen LogP contribution in [0.4, 0.5) is 5.69 Å². The molecule has 0 spiro atoms. The number of unbranched alkanes of at least 4 members (excludes halogenated alkanes) is 1. The highest BCUT2D eigenvalue weighted by atomic mass is 35.5. The van der Waals surface area contributed by atoms with Crippen molar-refractivity contribution in [1.82, 2.24) is 10.2 Å². The first-order chi connectivity index (χ1) is 22.0. The van der Waals surface area contributed by atoms with Gasteiger partial charge in [-0.25, -0.2) is 8.42 Å². The molecule has 0 saturated heterocycles. The van der Waals surface area contributed by atoms with E-state index >= 15 is 0 Å². The molecular weight excluding hydrogens is 641 g/mol. The molecule has 46 heavy (non-hydrogen) atoms. The van der Waals surface area contributed by atoms with E-state index in [1.54, 1.807) is 55.5 Å². The molecular formula is C36H39Cl2N3O4S. The lowest BCUT2D eigenvalue weighted by molar-refractivity contribution is -0.140. The number of sulfonamides is 1. The summed E-state index contributed by atoms with van der Waals surface area (Å²) < 4.78 is 29.6. The zero-order valence-electron chi connectivity index (χ0n) is 26.2. The number of halogens is 2. The van der Waals surface area contributed by atoms with E-state index in [0.29, 0.717) is 33.4 Å². The maximum absolute atomic E-state index is 14.6. The zero-order chi connectivity index (χ0) is 33.3. The number of amides is 2. The summed E-state index contributed by atoms with van der Waals surface area (Å²) in [5.41, 5.74) is 3.37. The molecule has 0 aliphatic heterocycles. The molecule has 0 unspecified atom stereocenters. The summed E-state index contributed by atoms with van der Waals surface area (Å²) in [4.78, 5) is 29.9. The third-order valence-corrected chi connectivity index (χ3v) is 10.1.